The van der Waals surface area contributed by atoms with E-state index in [4.69, 9.17) is 4.74 Å². The molecule has 0 saturated carbocycles. The number of nitrogens with zero attached hydrogens (tertiary/aromatic N) is 1. The first kappa shape index (κ1) is 15.4. The Bertz CT molecular complexity index is 435. The number of esters is 1. The van der Waals surface area contributed by atoms with Crippen molar-refractivity contribution in [2.24, 2.45) is 0 Å². The molecule has 0 N–H and O–H groups in total. The van der Waals surface area contributed by atoms with Crippen molar-refractivity contribution in [2.45, 2.75) is 19.4 Å². The third-order valence-electron chi connectivity index (χ3n) is 4.05. The van der Waals surface area contributed by atoms with E-state index in [0.29, 0.717) is 6.61 Å². The molecule has 0 spiro atoms. The Labute approximate surface area is 116 Å². The highest BCUT2D eigenvalue weighted by Gasteiger charge is 2.37. The molecule has 0 heterocycles. The van der Waals surface area contributed by atoms with Crippen molar-refractivity contribution >= 4 is 5.97 Å². The van der Waals surface area contributed by atoms with Gasteiger partial charge in [-0.25, -0.2) is 4.79 Å². The van der Waals surface area contributed by atoms with Crippen molar-refractivity contribution < 1.29 is 14.0 Å². The molecular formula is C16H24NO2+. The summed E-state index contributed by atoms with van der Waals surface area (Å²) in [7, 11) is 4.30. The van der Waals surface area contributed by atoms with Crippen LogP contribution < -0.4 is 0 Å². The summed E-state index contributed by atoms with van der Waals surface area (Å²) < 4.78 is 5.82. The highest BCUT2D eigenvalue weighted by Crippen LogP contribution is 2.31. The van der Waals surface area contributed by atoms with Crippen molar-refractivity contribution in [3.05, 3.63) is 48.6 Å². The van der Waals surface area contributed by atoms with E-state index in [1.54, 1.807) is 0 Å². The SMILES string of the molecule is C=CC(=O)OCC[N+](C)(C)C(C)(C)c1ccccc1. The number of quaternary nitrogens is 1. The Morgan fingerprint density at radius 3 is 2.42 bits per heavy atom. The Morgan fingerprint density at radius 2 is 1.89 bits per heavy atom. The van der Waals surface area contributed by atoms with E-state index in [2.05, 4.69) is 58.8 Å². The number of benzene rings is 1. The minimum Gasteiger partial charge on any atom is -0.457 e. The molecule has 3 heteroatoms. The number of likely N-dealkylation sites (N-methyl/N-ethyl adjacent to an activating group) is 1. The monoisotopic (exact) mass is 262 g/mol. The van der Waals surface area contributed by atoms with Crippen LogP contribution in [0.1, 0.15) is 19.4 Å². The molecule has 0 saturated heterocycles. The molecule has 1 aromatic rings. The lowest BCUT2D eigenvalue weighted by Gasteiger charge is -2.44. The van der Waals surface area contributed by atoms with E-state index in [1.807, 2.05) is 6.07 Å². The average Bonchev–Trinajstić information content (AvgIpc) is 2.39. The highest BCUT2D eigenvalue weighted by molar-refractivity contribution is 5.81. The minimum atomic E-state index is -0.363. The normalized spacial score (nSPS) is 12.0. The molecule has 0 radical (unpaired) electrons. The van der Waals surface area contributed by atoms with Gasteiger partial charge in [-0.2, -0.15) is 0 Å². The summed E-state index contributed by atoms with van der Waals surface area (Å²) in [5.41, 5.74) is 1.22. The number of rotatable bonds is 6. The third kappa shape index (κ3) is 3.67. The van der Waals surface area contributed by atoms with E-state index >= 15 is 0 Å². The molecule has 0 unspecified atom stereocenters. The predicted molar refractivity (Wildman–Crippen MR) is 77.6 cm³/mol. The van der Waals surface area contributed by atoms with Gasteiger partial charge in [0.2, 0.25) is 0 Å². The predicted octanol–water partition coefficient (Wildman–Crippen LogP) is 2.73. The molecule has 19 heavy (non-hydrogen) atoms. The van der Waals surface area contributed by atoms with Crippen molar-refractivity contribution in [3.8, 4) is 0 Å². The van der Waals surface area contributed by atoms with Gasteiger partial charge in [-0.1, -0.05) is 36.9 Å². The second-order valence-corrected chi connectivity index (χ2v) is 5.71. The van der Waals surface area contributed by atoms with E-state index in [9.17, 15) is 4.79 Å². The van der Waals surface area contributed by atoms with Gasteiger partial charge in [0.25, 0.3) is 0 Å². The zero-order valence-electron chi connectivity index (χ0n) is 12.3. The van der Waals surface area contributed by atoms with Crippen LogP contribution >= 0.6 is 0 Å². The lowest BCUT2D eigenvalue weighted by atomic mass is 9.90. The maximum Gasteiger partial charge on any atom is 0.330 e. The third-order valence-corrected chi connectivity index (χ3v) is 4.05. The van der Waals surface area contributed by atoms with Gasteiger partial charge in [-0.15, -0.1) is 0 Å². The Balaban J connectivity index is 2.75. The molecule has 0 aromatic heterocycles. The summed E-state index contributed by atoms with van der Waals surface area (Å²) in [4.78, 5) is 11.1. The summed E-state index contributed by atoms with van der Waals surface area (Å²) in [6, 6.07) is 10.4. The van der Waals surface area contributed by atoms with E-state index in [0.717, 1.165) is 11.0 Å². The molecule has 0 aliphatic heterocycles. The van der Waals surface area contributed by atoms with E-state index in [-0.39, 0.29) is 11.5 Å². The van der Waals surface area contributed by atoms with Gasteiger partial charge in [0.05, 0.1) is 14.1 Å². The van der Waals surface area contributed by atoms with Crippen LogP contribution in [0.2, 0.25) is 0 Å². The van der Waals surface area contributed by atoms with Crippen molar-refractivity contribution in [3.63, 3.8) is 0 Å². The molecule has 1 aromatic carbocycles. The van der Waals surface area contributed by atoms with Crippen molar-refractivity contribution in [1.82, 2.24) is 0 Å². The van der Waals surface area contributed by atoms with Crippen LogP contribution in [-0.4, -0.2) is 37.7 Å². The van der Waals surface area contributed by atoms with Gasteiger partial charge in [0, 0.05) is 11.6 Å². The molecule has 0 atom stereocenters. The summed E-state index contributed by atoms with van der Waals surface area (Å²) >= 11 is 0. The minimum absolute atomic E-state index is 0.0537. The van der Waals surface area contributed by atoms with E-state index < -0.39 is 0 Å². The quantitative estimate of drug-likeness (QED) is 0.447. The van der Waals surface area contributed by atoms with Crippen LogP contribution in [0.5, 0.6) is 0 Å². The highest BCUT2D eigenvalue weighted by atomic mass is 16.5. The van der Waals surface area contributed by atoms with Crippen LogP contribution in [0, 0.1) is 0 Å². The van der Waals surface area contributed by atoms with Crippen LogP contribution in [0.3, 0.4) is 0 Å². The first-order chi connectivity index (χ1) is 8.81. The summed E-state index contributed by atoms with van der Waals surface area (Å²) in [6.07, 6.45) is 1.20. The molecule has 1 rings (SSSR count). The van der Waals surface area contributed by atoms with Crippen LogP contribution in [0.15, 0.2) is 43.0 Å². The molecule has 104 valence electrons. The van der Waals surface area contributed by atoms with Gasteiger partial charge in [0.15, 0.2) is 0 Å². The molecule has 0 amide bonds. The summed E-state index contributed by atoms with van der Waals surface area (Å²) in [5.74, 6) is -0.363. The van der Waals surface area contributed by atoms with Gasteiger partial charge in [-0.05, 0) is 13.8 Å². The maximum absolute atomic E-state index is 11.1. The second kappa shape index (κ2) is 6.02. The zero-order valence-corrected chi connectivity index (χ0v) is 12.3. The second-order valence-electron chi connectivity index (χ2n) is 5.71. The van der Waals surface area contributed by atoms with Crippen LogP contribution in [0.25, 0.3) is 0 Å². The van der Waals surface area contributed by atoms with Gasteiger partial charge >= 0.3 is 5.97 Å². The first-order valence-electron chi connectivity index (χ1n) is 6.49. The lowest BCUT2D eigenvalue weighted by molar-refractivity contribution is -0.945. The van der Waals surface area contributed by atoms with Crippen LogP contribution in [-0.2, 0) is 15.1 Å². The largest absolute Gasteiger partial charge is 0.457 e. The number of hydrogen-bond acceptors (Lipinski definition) is 2. The van der Waals surface area contributed by atoms with Gasteiger partial charge in [-0.3, -0.25) is 0 Å². The Kier molecular flexibility index (Phi) is 4.90. The number of ether oxygens (including phenoxy) is 1. The molecule has 3 nitrogen and oxygen atoms in total. The van der Waals surface area contributed by atoms with E-state index in [1.165, 1.54) is 11.6 Å². The lowest BCUT2D eigenvalue weighted by Crippen LogP contribution is -2.55. The zero-order chi connectivity index (χ0) is 14.5. The standard InChI is InChI=1S/C16H24NO2/c1-6-15(18)19-13-12-17(4,5)16(2,3)14-10-8-7-9-11-14/h6-11H,1,12-13H2,2-5H3/q+1. The Morgan fingerprint density at radius 1 is 1.32 bits per heavy atom. The molecule has 0 fully saturated rings. The average molecular weight is 262 g/mol. The molecular weight excluding hydrogens is 238 g/mol. The number of hydrogen-bond donors (Lipinski definition) is 0. The van der Waals surface area contributed by atoms with Crippen molar-refractivity contribution in [2.75, 3.05) is 27.2 Å². The molecule has 0 bridgehead atoms. The fraction of sp³-hybridized carbons (Fsp3) is 0.438. The first-order valence-corrected chi connectivity index (χ1v) is 6.49. The number of carbonyl (C=O) groups is 1. The van der Waals surface area contributed by atoms with Crippen molar-refractivity contribution in [1.29, 1.82) is 0 Å². The van der Waals surface area contributed by atoms with Gasteiger partial charge < -0.3 is 9.22 Å². The Hall–Kier alpha value is -1.61. The molecule has 0 aliphatic rings. The number of carbonyl (C=O) groups excluding carboxylic acids is 1. The molecule has 0 aliphatic carbocycles. The summed E-state index contributed by atoms with van der Waals surface area (Å²) in [5, 5.41) is 0. The maximum atomic E-state index is 11.1. The fourth-order valence-corrected chi connectivity index (χ4v) is 1.91. The smallest absolute Gasteiger partial charge is 0.330 e. The van der Waals surface area contributed by atoms with Gasteiger partial charge in [0.1, 0.15) is 18.7 Å². The topological polar surface area (TPSA) is 26.3 Å². The van der Waals surface area contributed by atoms with Crippen LogP contribution in [0.4, 0.5) is 0 Å². The fourth-order valence-electron chi connectivity index (χ4n) is 1.91. The summed E-state index contributed by atoms with van der Waals surface area (Å²) in [6.45, 7) is 8.95.